The Balaban J connectivity index is 0. The van der Waals surface area contributed by atoms with Crippen molar-refractivity contribution >= 4 is 51.0 Å². The molecule has 0 spiro atoms. The molecule has 0 aliphatic rings. The second-order valence-electron chi connectivity index (χ2n) is 1.83. The van der Waals surface area contributed by atoms with E-state index in [2.05, 4.69) is 0 Å². The van der Waals surface area contributed by atoms with Crippen LogP contribution in [0.5, 0.6) is 5.75 Å². The predicted octanol–water partition coefficient (Wildman–Crippen LogP) is 1.14. The second-order valence-corrected chi connectivity index (χ2v) is 4.35. The zero-order chi connectivity index (χ0) is 9.61. The van der Waals surface area contributed by atoms with Crippen LogP contribution in [0.25, 0.3) is 0 Å². The minimum atomic E-state index is -3.66. The molecule has 7 heteroatoms. The molecule has 0 saturated carbocycles. The minimum Gasteiger partial charge on any atom is -0.289 e. The Morgan fingerprint density at radius 3 is 2.08 bits per heavy atom. The summed E-state index contributed by atoms with van der Waals surface area (Å²) in [5.41, 5.74) is 0. The molecule has 1 aromatic heterocycles. The van der Waals surface area contributed by atoms with E-state index in [1.165, 1.54) is 18.3 Å². The number of hydrogen-bond acceptors (Lipinski definition) is 3. The van der Waals surface area contributed by atoms with Crippen molar-refractivity contribution in [3.05, 3.63) is 16.8 Å². The van der Waals surface area contributed by atoms with E-state index in [0.29, 0.717) is 0 Å². The summed E-state index contributed by atoms with van der Waals surface area (Å²) in [6.07, 6.45) is 0. The van der Waals surface area contributed by atoms with Gasteiger partial charge in [-0.1, -0.05) is 0 Å². The molecule has 4 nitrogen and oxygen atoms in total. The Labute approximate surface area is 104 Å². The molecule has 0 atom stereocenters. The van der Waals surface area contributed by atoms with Gasteiger partial charge in [-0.05, 0) is 18.4 Å². The van der Waals surface area contributed by atoms with E-state index in [9.17, 15) is 13.5 Å². The molecule has 1 radical (unpaired) electrons. The van der Waals surface area contributed by atoms with Crippen molar-refractivity contribution in [3.63, 3.8) is 0 Å². The van der Waals surface area contributed by atoms with E-state index in [1.54, 1.807) is 16.8 Å². The molecule has 0 saturated heterocycles. The van der Waals surface area contributed by atoms with Gasteiger partial charge in [-0.15, -0.1) is 11.3 Å². The van der Waals surface area contributed by atoms with E-state index in [-0.39, 0.29) is 41.1 Å². The van der Waals surface area contributed by atoms with Gasteiger partial charge in [0.25, 0.3) is 10.1 Å². The maximum Gasteiger partial charge on any atom is 0.189 e. The predicted molar refractivity (Wildman–Crippen MR) is 53.7 cm³/mol. The van der Waals surface area contributed by atoms with Crippen LogP contribution < -0.4 is 0 Å². The fourth-order valence-corrected chi connectivity index (χ4v) is 0.756. The number of thiophene rings is 1. The minimum absolute atomic E-state index is 0. The van der Waals surface area contributed by atoms with Gasteiger partial charge in [0.05, 0.1) is 5.75 Å². The summed E-state index contributed by atoms with van der Waals surface area (Å²) >= 11 is 1.43. The maximum absolute atomic E-state index is 10.1. The molecule has 0 aromatic carbocycles. The van der Waals surface area contributed by atoms with Gasteiger partial charge in [0.1, 0.15) is 0 Å². The van der Waals surface area contributed by atoms with E-state index < -0.39 is 10.1 Å². The number of hydrogen-bond donors (Lipinski definition) is 1. The standard InChI is InChI=1S/C4H3OS.C2H6O3S.Na.H/c5-4-1-2-6-3-4;1-2-6(3,4)5;;/h1-3H;2H2,1H3,(H,3,4,5);;. The monoisotopic (exact) mass is 233 g/mol. The topological polar surface area (TPSA) is 74.3 Å². The number of rotatable bonds is 1. The van der Waals surface area contributed by atoms with Gasteiger partial charge >= 0.3 is 29.6 Å². The first-order chi connectivity index (χ1) is 5.45. The van der Waals surface area contributed by atoms with Gasteiger partial charge in [0.15, 0.2) is 5.75 Å². The van der Waals surface area contributed by atoms with Crippen LogP contribution in [-0.2, 0) is 15.2 Å². The molecule has 0 aliphatic carbocycles. The molecule has 71 valence electrons. The summed E-state index contributed by atoms with van der Waals surface area (Å²) in [6.45, 7) is 1.37. The fourth-order valence-electron chi connectivity index (χ4n) is 0.252. The van der Waals surface area contributed by atoms with Gasteiger partial charge in [-0.25, -0.2) is 0 Å². The summed E-state index contributed by atoms with van der Waals surface area (Å²) in [4.78, 5) is 0. The zero-order valence-electron chi connectivity index (χ0n) is 6.43. The van der Waals surface area contributed by atoms with Gasteiger partial charge in [-0.3, -0.25) is 9.66 Å². The Kier molecular flexibility index (Phi) is 9.49. The quantitative estimate of drug-likeness (QED) is 0.583. The molecule has 1 heterocycles. The van der Waals surface area contributed by atoms with Crippen molar-refractivity contribution in [3.8, 4) is 5.75 Å². The molecular weight excluding hydrogens is 223 g/mol. The summed E-state index contributed by atoms with van der Waals surface area (Å²) < 4.78 is 26.9. The van der Waals surface area contributed by atoms with E-state index >= 15 is 0 Å². The Morgan fingerprint density at radius 1 is 1.54 bits per heavy atom. The molecule has 1 aromatic rings. The Bertz CT molecular complexity index is 292. The third kappa shape index (κ3) is 12.4. The van der Waals surface area contributed by atoms with Crippen LogP contribution in [0.1, 0.15) is 6.92 Å². The first-order valence-electron chi connectivity index (χ1n) is 3.10. The van der Waals surface area contributed by atoms with Crippen LogP contribution in [0.4, 0.5) is 0 Å². The van der Waals surface area contributed by atoms with Crippen molar-refractivity contribution in [2.24, 2.45) is 0 Å². The van der Waals surface area contributed by atoms with Gasteiger partial charge < -0.3 is 0 Å². The van der Waals surface area contributed by atoms with Crippen LogP contribution in [0.15, 0.2) is 16.8 Å². The third-order valence-electron chi connectivity index (χ3n) is 0.860. The molecule has 0 aliphatic heterocycles. The Hall–Kier alpha value is 0.410. The zero-order valence-corrected chi connectivity index (χ0v) is 8.06. The van der Waals surface area contributed by atoms with E-state index in [4.69, 9.17) is 4.55 Å². The molecule has 0 unspecified atom stereocenters. The van der Waals surface area contributed by atoms with E-state index in [1.807, 2.05) is 0 Å². The Morgan fingerprint density at radius 2 is 2.00 bits per heavy atom. The molecule has 0 fully saturated rings. The normalized spacial score (nSPS) is 9.38. The van der Waals surface area contributed by atoms with Gasteiger partial charge in [0, 0.05) is 5.38 Å². The van der Waals surface area contributed by atoms with Crippen LogP contribution in [0, 0.1) is 0 Å². The van der Waals surface area contributed by atoms with Crippen LogP contribution in [0.3, 0.4) is 0 Å². The molecular formula is C6H10NaO4S2. The van der Waals surface area contributed by atoms with Crippen molar-refractivity contribution in [1.29, 1.82) is 0 Å². The van der Waals surface area contributed by atoms with Crippen LogP contribution in [-0.4, -0.2) is 48.3 Å². The third-order valence-corrected chi connectivity index (χ3v) is 2.25. The molecule has 0 amide bonds. The first-order valence-corrected chi connectivity index (χ1v) is 5.65. The van der Waals surface area contributed by atoms with Crippen LogP contribution >= 0.6 is 11.3 Å². The second kappa shape index (κ2) is 7.78. The summed E-state index contributed by atoms with van der Waals surface area (Å²) in [5.74, 6) is -0.0903. The van der Waals surface area contributed by atoms with E-state index in [0.717, 1.165) is 0 Å². The first kappa shape index (κ1) is 15.9. The fraction of sp³-hybridized carbons (Fsp3) is 0.333. The largest absolute Gasteiger partial charge is 0.289 e. The molecule has 1 rings (SSSR count). The van der Waals surface area contributed by atoms with Crippen LogP contribution in [0.2, 0.25) is 0 Å². The van der Waals surface area contributed by atoms with Crippen molar-refractivity contribution < 1.29 is 18.1 Å². The summed E-state index contributed by atoms with van der Waals surface area (Å²) in [6, 6.07) is 1.55. The van der Waals surface area contributed by atoms with Crippen molar-refractivity contribution in [1.82, 2.24) is 0 Å². The van der Waals surface area contributed by atoms with Crippen molar-refractivity contribution in [2.45, 2.75) is 6.92 Å². The smallest absolute Gasteiger partial charge is 0.189 e. The average Bonchev–Trinajstić information content (AvgIpc) is 2.39. The molecule has 13 heavy (non-hydrogen) atoms. The molecule has 0 bridgehead atoms. The SMILES string of the molecule is CCS(=O)(=O)O.[NaH].[O]c1ccsc1. The molecule has 1 N–H and O–H groups in total. The van der Waals surface area contributed by atoms with Gasteiger partial charge in [0.2, 0.25) is 0 Å². The average molecular weight is 233 g/mol. The van der Waals surface area contributed by atoms with Gasteiger partial charge in [-0.2, -0.15) is 8.42 Å². The maximum atomic E-state index is 10.1. The summed E-state index contributed by atoms with van der Waals surface area (Å²) in [7, 11) is -3.66. The van der Waals surface area contributed by atoms with Crippen molar-refractivity contribution in [2.75, 3.05) is 5.75 Å². The summed E-state index contributed by atoms with van der Waals surface area (Å²) in [5, 5.41) is 13.4.